The van der Waals surface area contributed by atoms with Gasteiger partial charge in [0.2, 0.25) is 0 Å². The van der Waals surface area contributed by atoms with Gasteiger partial charge in [0, 0.05) is 43.9 Å². The summed E-state index contributed by atoms with van der Waals surface area (Å²) in [4.78, 5) is 0. The minimum Gasteiger partial charge on any atom is -0.455 e. The molecule has 49 heavy (non-hydrogen) atoms. The Labute approximate surface area is 282 Å². The van der Waals surface area contributed by atoms with E-state index in [9.17, 15) is 0 Å². The molecule has 0 spiro atoms. The largest absolute Gasteiger partial charge is 0.455 e. The highest BCUT2D eigenvalue weighted by molar-refractivity contribution is 6.28. The van der Waals surface area contributed by atoms with Crippen molar-refractivity contribution in [3.8, 4) is 22.5 Å². The molecule has 0 saturated carbocycles. The summed E-state index contributed by atoms with van der Waals surface area (Å²) in [6.07, 6.45) is 6.71. The average molecular weight is 627 g/mol. The smallest absolute Gasteiger partial charge is 0.145 e. The van der Waals surface area contributed by atoms with E-state index in [0.29, 0.717) is 0 Å². The van der Waals surface area contributed by atoms with Crippen LogP contribution in [0.1, 0.15) is 17.7 Å². The summed E-state index contributed by atoms with van der Waals surface area (Å²) in [5.74, 6) is 0. The summed E-state index contributed by atoms with van der Waals surface area (Å²) in [6.45, 7) is 0. The van der Waals surface area contributed by atoms with Crippen molar-refractivity contribution in [3.05, 3.63) is 163 Å². The SMILES string of the molecule is C1=Cc2c(n(-c3cccc(-c4ccccc4)c3)c3ccc4c5c6oc7ccccc7c6ccc5n(-c5cccc6ccccc56)c4c23)CC1. The van der Waals surface area contributed by atoms with E-state index in [4.69, 9.17) is 4.42 Å². The predicted molar refractivity (Wildman–Crippen MR) is 205 cm³/mol. The van der Waals surface area contributed by atoms with E-state index >= 15 is 0 Å². The van der Waals surface area contributed by atoms with Gasteiger partial charge >= 0.3 is 0 Å². The summed E-state index contributed by atoms with van der Waals surface area (Å²) >= 11 is 0. The highest BCUT2D eigenvalue weighted by atomic mass is 16.3. The fourth-order valence-electron chi connectivity index (χ4n) is 8.47. The molecule has 0 amide bonds. The molecule has 230 valence electrons. The van der Waals surface area contributed by atoms with Crippen molar-refractivity contribution >= 4 is 71.5 Å². The van der Waals surface area contributed by atoms with E-state index in [0.717, 1.165) is 45.7 Å². The van der Waals surface area contributed by atoms with E-state index in [-0.39, 0.29) is 0 Å². The number of allylic oxidation sites excluding steroid dienone is 1. The molecule has 3 nitrogen and oxygen atoms in total. The second-order valence-electron chi connectivity index (χ2n) is 13.2. The van der Waals surface area contributed by atoms with E-state index in [1.165, 1.54) is 66.3 Å². The van der Waals surface area contributed by atoms with Crippen molar-refractivity contribution in [3.63, 3.8) is 0 Å². The maximum atomic E-state index is 6.73. The molecular weight excluding hydrogens is 597 g/mol. The Balaban J connectivity index is 1.33. The van der Waals surface area contributed by atoms with Crippen LogP contribution in [0, 0.1) is 0 Å². The van der Waals surface area contributed by atoms with E-state index in [1.807, 2.05) is 0 Å². The normalized spacial score (nSPS) is 13.1. The van der Waals surface area contributed by atoms with Crippen LogP contribution in [0.2, 0.25) is 0 Å². The lowest BCUT2D eigenvalue weighted by atomic mass is 10.00. The van der Waals surface area contributed by atoms with Gasteiger partial charge in [-0.15, -0.1) is 0 Å². The number of furan rings is 1. The van der Waals surface area contributed by atoms with Crippen molar-refractivity contribution < 1.29 is 4.42 Å². The molecule has 11 rings (SSSR count). The number of benzene rings is 7. The Bertz CT molecular complexity index is 2980. The van der Waals surface area contributed by atoms with Gasteiger partial charge in [-0.2, -0.15) is 0 Å². The lowest BCUT2D eigenvalue weighted by molar-refractivity contribution is 0.673. The molecule has 0 N–H and O–H groups in total. The second-order valence-corrected chi connectivity index (χ2v) is 13.2. The number of rotatable bonds is 3. The van der Waals surface area contributed by atoms with E-state index in [1.54, 1.807) is 0 Å². The van der Waals surface area contributed by atoms with Crippen molar-refractivity contribution in [2.45, 2.75) is 12.8 Å². The maximum Gasteiger partial charge on any atom is 0.145 e. The fourth-order valence-corrected chi connectivity index (χ4v) is 8.47. The van der Waals surface area contributed by atoms with Crippen molar-refractivity contribution in [2.24, 2.45) is 0 Å². The summed E-state index contributed by atoms with van der Waals surface area (Å²) in [5, 5.41) is 8.40. The van der Waals surface area contributed by atoms with Crippen molar-refractivity contribution in [2.75, 3.05) is 0 Å². The first-order valence-electron chi connectivity index (χ1n) is 17.1. The zero-order valence-corrected chi connectivity index (χ0v) is 26.7. The highest BCUT2D eigenvalue weighted by Gasteiger charge is 2.26. The molecule has 0 fully saturated rings. The van der Waals surface area contributed by atoms with Crippen LogP contribution in [0.15, 0.2) is 156 Å². The minimum absolute atomic E-state index is 0.918. The number of para-hydroxylation sites is 1. The Morgan fingerprint density at radius 1 is 0.531 bits per heavy atom. The zero-order chi connectivity index (χ0) is 32.1. The number of nitrogens with zero attached hydrogens (tertiary/aromatic N) is 2. The van der Waals surface area contributed by atoms with Crippen LogP contribution < -0.4 is 0 Å². The summed E-state index contributed by atoms with van der Waals surface area (Å²) in [5.41, 5.74) is 12.9. The maximum absolute atomic E-state index is 6.73. The predicted octanol–water partition coefficient (Wildman–Crippen LogP) is 12.4. The van der Waals surface area contributed by atoms with Gasteiger partial charge in [0.25, 0.3) is 0 Å². The molecule has 0 aliphatic heterocycles. The van der Waals surface area contributed by atoms with Crippen molar-refractivity contribution in [1.82, 2.24) is 9.13 Å². The third-order valence-corrected chi connectivity index (χ3v) is 10.6. The molecular formula is C46H30N2O. The first kappa shape index (κ1) is 26.7. The number of fused-ring (bicyclic) bond motifs is 12. The van der Waals surface area contributed by atoms with Gasteiger partial charge in [-0.05, 0) is 77.9 Å². The number of hydrogen-bond donors (Lipinski definition) is 0. The molecule has 0 atom stereocenters. The second kappa shape index (κ2) is 10.1. The first-order valence-corrected chi connectivity index (χ1v) is 17.1. The summed E-state index contributed by atoms with van der Waals surface area (Å²) in [6, 6.07) is 52.7. The van der Waals surface area contributed by atoms with Gasteiger partial charge in [-0.3, -0.25) is 0 Å². The lowest BCUT2D eigenvalue weighted by Gasteiger charge is -2.14. The van der Waals surface area contributed by atoms with Crippen LogP contribution in [-0.4, -0.2) is 9.13 Å². The van der Waals surface area contributed by atoms with Crippen LogP contribution in [0.5, 0.6) is 0 Å². The van der Waals surface area contributed by atoms with Gasteiger partial charge in [-0.1, -0.05) is 109 Å². The molecule has 0 saturated heterocycles. The fraction of sp³-hybridized carbons (Fsp3) is 0.0435. The van der Waals surface area contributed by atoms with Gasteiger partial charge in [-0.25, -0.2) is 0 Å². The monoisotopic (exact) mass is 626 g/mol. The zero-order valence-electron chi connectivity index (χ0n) is 26.7. The molecule has 0 unspecified atom stereocenters. The Morgan fingerprint density at radius 3 is 2.18 bits per heavy atom. The Kier molecular flexibility index (Phi) is 5.50. The number of aromatic nitrogens is 2. The molecule has 0 radical (unpaired) electrons. The topological polar surface area (TPSA) is 23.0 Å². The van der Waals surface area contributed by atoms with Gasteiger partial charge in [0.1, 0.15) is 11.2 Å². The van der Waals surface area contributed by atoms with Crippen molar-refractivity contribution in [1.29, 1.82) is 0 Å². The van der Waals surface area contributed by atoms with Crippen LogP contribution in [0.3, 0.4) is 0 Å². The molecule has 10 aromatic rings. The van der Waals surface area contributed by atoms with E-state index in [2.05, 4.69) is 167 Å². The van der Waals surface area contributed by atoms with Gasteiger partial charge in [0.15, 0.2) is 0 Å². The van der Waals surface area contributed by atoms with E-state index < -0.39 is 0 Å². The van der Waals surface area contributed by atoms with Crippen LogP contribution in [0.4, 0.5) is 0 Å². The lowest BCUT2D eigenvalue weighted by Crippen LogP contribution is -2.03. The molecule has 3 heterocycles. The third kappa shape index (κ3) is 3.73. The summed E-state index contributed by atoms with van der Waals surface area (Å²) in [7, 11) is 0. The Hall–Kier alpha value is -6.32. The van der Waals surface area contributed by atoms with Crippen LogP contribution in [-0.2, 0) is 6.42 Å². The molecule has 7 aromatic carbocycles. The number of hydrogen-bond acceptors (Lipinski definition) is 1. The quantitative estimate of drug-likeness (QED) is 0.191. The summed E-state index contributed by atoms with van der Waals surface area (Å²) < 4.78 is 11.8. The molecule has 1 aliphatic rings. The minimum atomic E-state index is 0.918. The standard InChI is InChI=1S/C46H30N2O/c1-2-12-29(13-3-1)31-16-10-17-32(28-31)47-39-21-8-6-20-36(39)43-40(47)27-25-37-44-41(26-24-35-34-19-7-9-23-42(34)49-46(35)44)48(45(37)43)38-22-11-15-30-14-4-5-18-33(30)38/h1-7,9-20,22-28H,8,21H2. The highest BCUT2D eigenvalue weighted by Crippen LogP contribution is 2.46. The molecule has 1 aliphatic carbocycles. The van der Waals surface area contributed by atoms with Crippen LogP contribution >= 0.6 is 0 Å². The molecule has 3 heteroatoms. The van der Waals surface area contributed by atoms with Gasteiger partial charge < -0.3 is 13.6 Å². The first-order chi connectivity index (χ1) is 24.3. The van der Waals surface area contributed by atoms with Gasteiger partial charge in [0.05, 0.1) is 27.6 Å². The third-order valence-electron chi connectivity index (χ3n) is 10.6. The average Bonchev–Trinajstić information content (AvgIpc) is 3.82. The van der Waals surface area contributed by atoms with Crippen LogP contribution in [0.25, 0.3) is 94.0 Å². The molecule has 0 bridgehead atoms. The molecule has 3 aromatic heterocycles. The Morgan fingerprint density at radius 2 is 1.27 bits per heavy atom.